The molecule has 2 aromatic rings. The van der Waals surface area contributed by atoms with E-state index >= 15 is 0 Å². The smallest absolute Gasteiger partial charge is 0.250 e. The van der Waals surface area contributed by atoms with Gasteiger partial charge in [0.2, 0.25) is 11.8 Å². The van der Waals surface area contributed by atoms with E-state index < -0.39 is 0 Å². The molecule has 20 heavy (non-hydrogen) atoms. The fraction of sp³-hybridized carbons (Fsp3) is 0.200. The minimum Gasteiger partial charge on any atom is -0.493 e. The van der Waals surface area contributed by atoms with E-state index in [2.05, 4.69) is 36.3 Å². The summed E-state index contributed by atoms with van der Waals surface area (Å²) in [4.78, 5) is 15.4. The molecule has 0 aliphatic carbocycles. The molecule has 0 bridgehead atoms. The van der Waals surface area contributed by atoms with Crippen molar-refractivity contribution in [3.8, 4) is 5.88 Å². The third-order valence-electron chi connectivity index (χ3n) is 2.75. The molecular weight excluding hydrogens is 272 g/mol. The van der Waals surface area contributed by atoms with Gasteiger partial charge in [-0.2, -0.15) is 4.98 Å². The van der Waals surface area contributed by atoms with Crippen LogP contribution in [0.4, 0.5) is 5.13 Å². The number of nitrogens with one attached hydrogen (secondary N) is 1. The second-order valence-corrected chi connectivity index (χ2v) is 5.51. The lowest BCUT2D eigenvalue weighted by atomic mass is 10.0. The van der Waals surface area contributed by atoms with Crippen molar-refractivity contribution in [3.63, 3.8) is 0 Å². The van der Waals surface area contributed by atoms with Crippen LogP contribution in [0, 0.1) is 0 Å². The van der Waals surface area contributed by atoms with E-state index in [-0.39, 0.29) is 11.8 Å². The van der Waals surface area contributed by atoms with Gasteiger partial charge in [-0.15, -0.1) is 11.3 Å². The zero-order valence-electron chi connectivity index (χ0n) is 11.3. The average molecular weight is 288 g/mol. The van der Waals surface area contributed by atoms with Gasteiger partial charge in [-0.3, -0.25) is 10.1 Å². The van der Waals surface area contributed by atoms with Gasteiger partial charge in [0.05, 0.1) is 5.38 Å². The number of hydrogen-bond donors (Lipinski definition) is 2. The summed E-state index contributed by atoms with van der Waals surface area (Å²) in [6.07, 6.45) is 3.19. The van der Waals surface area contributed by atoms with E-state index in [0.717, 1.165) is 5.56 Å². The van der Waals surface area contributed by atoms with Gasteiger partial charge < -0.3 is 5.11 Å². The monoisotopic (exact) mass is 288 g/mol. The molecule has 2 rings (SSSR count). The Morgan fingerprint density at radius 1 is 1.35 bits per heavy atom. The lowest BCUT2D eigenvalue weighted by Crippen LogP contribution is -2.07. The topological polar surface area (TPSA) is 62.2 Å². The van der Waals surface area contributed by atoms with Crippen LogP contribution in [0.5, 0.6) is 5.88 Å². The fourth-order valence-corrected chi connectivity index (χ4v) is 2.21. The molecule has 0 saturated heterocycles. The van der Waals surface area contributed by atoms with Crippen LogP contribution >= 0.6 is 11.3 Å². The molecule has 1 heterocycles. The van der Waals surface area contributed by atoms with Crippen LogP contribution in [0.15, 0.2) is 35.7 Å². The second kappa shape index (κ2) is 6.34. The number of carbonyl (C=O) groups is 1. The maximum absolute atomic E-state index is 11.7. The molecule has 0 spiro atoms. The summed E-state index contributed by atoms with van der Waals surface area (Å²) in [5.74, 6) is 0.139. The summed E-state index contributed by atoms with van der Waals surface area (Å²) in [5.41, 5.74) is 2.23. The Morgan fingerprint density at radius 3 is 2.60 bits per heavy atom. The second-order valence-electron chi connectivity index (χ2n) is 4.65. The normalized spacial score (nSPS) is 11.2. The van der Waals surface area contributed by atoms with Crippen LogP contribution in [-0.2, 0) is 4.79 Å². The van der Waals surface area contributed by atoms with E-state index in [0.29, 0.717) is 11.0 Å². The summed E-state index contributed by atoms with van der Waals surface area (Å²) in [5, 5.41) is 13.5. The predicted molar refractivity (Wildman–Crippen MR) is 82.0 cm³/mol. The molecule has 1 aromatic carbocycles. The van der Waals surface area contributed by atoms with E-state index in [1.54, 1.807) is 6.08 Å². The van der Waals surface area contributed by atoms with Gasteiger partial charge >= 0.3 is 0 Å². The largest absolute Gasteiger partial charge is 0.493 e. The molecule has 0 atom stereocenters. The molecule has 4 nitrogen and oxygen atoms in total. The number of amides is 1. The molecular formula is C15H16N2O2S. The Bertz CT molecular complexity index is 615. The molecule has 0 saturated carbocycles. The van der Waals surface area contributed by atoms with Gasteiger partial charge in [-0.1, -0.05) is 38.1 Å². The quantitative estimate of drug-likeness (QED) is 0.845. The highest BCUT2D eigenvalue weighted by Gasteiger charge is 2.03. The molecule has 5 heteroatoms. The predicted octanol–water partition coefficient (Wildman–Crippen LogP) is 3.62. The van der Waals surface area contributed by atoms with Crippen LogP contribution in [-0.4, -0.2) is 16.0 Å². The molecule has 0 aliphatic heterocycles. The summed E-state index contributed by atoms with van der Waals surface area (Å²) >= 11 is 1.18. The van der Waals surface area contributed by atoms with E-state index in [1.807, 2.05) is 12.1 Å². The highest BCUT2D eigenvalue weighted by atomic mass is 32.1. The Balaban J connectivity index is 1.96. The first-order valence-corrected chi connectivity index (χ1v) is 7.16. The van der Waals surface area contributed by atoms with E-state index in [9.17, 15) is 4.79 Å². The van der Waals surface area contributed by atoms with E-state index in [4.69, 9.17) is 5.11 Å². The van der Waals surface area contributed by atoms with Gasteiger partial charge in [0.25, 0.3) is 0 Å². The number of benzene rings is 1. The Hall–Kier alpha value is -2.14. The molecule has 0 fully saturated rings. The zero-order chi connectivity index (χ0) is 14.5. The van der Waals surface area contributed by atoms with Gasteiger partial charge in [-0.05, 0) is 23.1 Å². The Morgan fingerprint density at radius 2 is 2.05 bits per heavy atom. The number of rotatable bonds is 4. The third kappa shape index (κ3) is 3.93. The molecule has 1 amide bonds. The first-order chi connectivity index (χ1) is 9.54. The van der Waals surface area contributed by atoms with Crippen molar-refractivity contribution in [1.82, 2.24) is 4.98 Å². The number of nitrogens with zero attached hydrogens (tertiary/aromatic N) is 1. The summed E-state index contributed by atoms with van der Waals surface area (Å²) in [7, 11) is 0. The van der Waals surface area contributed by atoms with Crippen molar-refractivity contribution in [2.24, 2.45) is 0 Å². The molecule has 0 radical (unpaired) electrons. The van der Waals surface area contributed by atoms with Gasteiger partial charge in [0, 0.05) is 6.08 Å². The Labute approximate surface area is 121 Å². The van der Waals surface area contributed by atoms with Crippen LogP contribution in [0.2, 0.25) is 0 Å². The van der Waals surface area contributed by atoms with Crippen LogP contribution in [0.3, 0.4) is 0 Å². The van der Waals surface area contributed by atoms with Crippen LogP contribution in [0.1, 0.15) is 30.9 Å². The molecule has 0 unspecified atom stereocenters. The summed E-state index contributed by atoms with van der Waals surface area (Å²) in [6.45, 7) is 4.28. The number of anilines is 1. The van der Waals surface area contributed by atoms with Gasteiger partial charge in [0.15, 0.2) is 5.13 Å². The standard InChI is InChI=1S/C15H16N2O2S/c1-10(2)12-6-3-11(4-7-12)5-8-13(18)16-15-17-14(19)9-20-15/h3-10,19H,1-2H3,(H,16,17,18)/b8-5+. The lowest BCUT2D eigenvalue weighted by Gasteiger charge is -2.04. The Kier molecular flexibility index (Phi) is 4.53. The minimum absolute atomic E-state index is 0.0847. The van der Waals surface area contributed by atoms with Gasteiger partial charge in [0.1, 0.15) is 0 Å². The van der Waals surface area contributed by atoms with Crippen molar-refractivity contribution in [2.45, 2.75) is 19.8 Å². The number of aromatic nitrogens is 1. The van der Waals surface area contributed by atoms with Crippen molar-refractivity contribution < 1.29 is 9.90 Å². The van der Waals surface area contributed by atoms with Crippen molar-refractivity contribution in [1.29, 1.82) is 0 Å². The van der Waals surface area contributed by atoms with Gasteiger partial charge in [-0.25, -0.2) is 0 Å². The highest BCUT2D eigenvalue weighted by Crippen LogP contribution is 2.19. The number of carbonyl (C=O) groups excluding carboxylic acids is 1. The lowest BCUT2D eigenvalue weighted by molar-refractivity contribution is -0.111. The molecule has 2 N–H and O–H groups in total. The average Bonchev–Trinajstić information content (AvgIpc) is 2.82. The van der Waals surface area contributed by atoms with Crippen molar-refractivity contribution >= 4 is 28.5 Å². The maximum atomic E-state index is 11.7. The number of hydrogen-bond acceptors (Lipinski definition) is 4. The SMILES string of the molecule is CC(C)c1ccc(/C=C/C(=O)Nc2nc(O)cs2)cc1. The molecule has 0 aliphatic rings. The maximum Gasteiger partial charge on any atom is 0.250 e. The third-order valence-corrected chi connectivity index (χ3v) is 3.50. The highest BCUT2D eigenvalue weighted by molar-refractivity contribution is 7.14. The zero-order valence-corrected chi connectivity index (χ0v) is 12.1. The van der Waals surface area contributed by atoms with Crippen LogP contribution in [0.25, 0.3) is 6.08 Å². The molecule has 104 valence electrons. The number of aromatic hydroxyl groups is 1. The first kappa shape index (κ1) is 14.3. The van der Waals surface area contributed by atoms with Crippen molar-refractivity contribution in [3.05, 3.63) is 46.8 Å². The minimum atomic E-state index is -0.271. The summed E-state index contributed by atoms with van der Waals surface area (Å²) in [6, 6.07) is 8.07. The summed E-state index contributed by atoms with van der Waals surface area (Å²) < 4.78 is 0. The number of thiazole rings is 1. The van der Waals surface area contributed by atoms with Crippen molar-refractivity contribution in [2.75, 3.05) is 5.32 Å². The molecule has 1 aromatic heterocycles. The van der Waals surface area contributed by atoms with E-state index in [1.165, 1.54) is 28.4 Å². The first-order valence-electron chi connectivity index (χ1n) is 6.28. The fourth-order valence-electron chi connectivity index (χ4n) is 1.63. The van der Waals surface area contributed by atoms with Crippen LogP contribution < -0.4 is 5.32 Å².